The molecular formula is C42H30N4. The van der Waals surface area contributed by atoms with Gasteiger partial charge in [0.25, 0.3) is 0 Å². The van der Waals surface area contributed by atoms with Gasteiger partial charge in [-0.1, -0.05) is 141 Å². The van der Waals surface area contributed by atoms with Crippen molar-refractivity contribution in [2.75, 3.05) is 0 Å². The van der Waals surface area contributed by atoms with Gasteiger partial charge in [0.1, 0.15) is 0 Å². The number of fused-ring (bicyclic) bond motifs is 6. The first kappa shape index (κ1) is 26.5. The second kappa shape index (κ2) is 10.1. The summed E-state index contributed by atoms with van der Waals surface area (Å²) in [6.07, 6.45) is 0. The zero-order chi connectivity index (χ0) is 30.8. The lowest BCUT2D eigenvalue weighted by atomic mass is 9.82. The quantitative estimate of drug-likeness (QED) is 0.205. The Morgan fingerprint density at radius 3 is 1.74 bits per heavy atom. The molecule has 1 aliphatic rings. The van der Waals surface area contributed by atoms with Crippen molar-refractivity contribution in [3.63, 3.8) is 0 Å². The molecule has 2 aromatic heterocycles. The van der Waals surface area contributed by atoms with E-state index in [1.807, 2.05) is 24.3 Å². The number of hydrogen-bond donors (Lipinski definition) is 0. The monoisotopic (exact) mass is 590 g/mol. The fraction of sp³-hybridized carbons (Fsp3) is 0.0714. The molecule has 0 amide bonds. The van der Waals surface area contributed by atoms with E-state index >= 15 is 0 Å². The zero-order valence-electron chi connectivity index (χ0n) is 25.6. The average molecular weight is 591 g/mol. The molecule has 0 fully saturated rings. The molecule has 0 aliphatic heterocycles. The molecule has 46 heavy (non-hydrogen) atoms. The third kappa shape index (κ3) is 4.04. The minimum Gasteiger partial charge on any atom is -0.278 e. The van der Waals surface area contributed by atoms with Crippen molar-refractivity contribution in [3.05, 3.63) is 157 Å². The van der Waals surface area contributed by atoms with Crippen LogP contribution in [0.4, 0.5) is 0 Å². The van der Waals surface area contributed by atoms with E-state index in [0.29, 0.717) is 17.6 Å². The van der Waals surface area contributed by atoms with Crippen molar-refractivity contribution in [2.45, 2.75) is 19.3 Å². The van der Waals surface area contributed by atoms with Gasteiger partial charge in [-0.2, -0.15) is 9.97 Å². The lowest BCUT2D eigenvalue weighted by molar-refractivity contribution is 0.661. The van der Waals surface area contributed by atoms with E-state index in [9.17, 15) is 0 Å². The number of hydrogen-bond acceptors (Lipinski definition) is 3. The summed E-state index contributed by atoms with van der Waals surface area (Å²) in [6.45, 7) is 4.66. The summed E-state index contributed by atoms with van der Waals surface area (Å²) in [6, 6.07) is 51.2. The Morgan fingerprint density at radius 2 is 1.00 bits per heavy atom. The predicted molar refractivity (Wildman–Crippen MR) is 188 cm³/mol. The van der Waals surface area contributed by atoms with Crippen LogP contribution in [0.1, 0.15) is 25.0 Å². The Hall–Kier alpha value is -5.87. The zero-order valence-corrected chi connectivity index (χ0v) is 25.6. The van der Waals surface area contributed by atoms with E-state index in [1.165, 1.54) is 38.6 Å². The smallest absolute Gasteiger partial charge is 0.238 e. The number of para-hydroxylation sites is 1. The Bertz CT molecular complexity index is 2420. The van der Waals surface area contributed by atoms with E-state index in [2.05, 4.69) is 140 Å². The van der Waals surface area contributed by atoms with E-state index in [4.69, 9.17) is 15.0 Å². The van der Waals surface area contributed by atoms with E-state index in [1.54, 1.807) is 0 Å². The van der Waals surface area contributed by atoms with Crippen LogP contribution >= 0.6 is 0 Å². The van der Waals surface area contributed by atoms with Crippen LogP contribution in [0.25, 0.3) is 72.8 Å². The first-order valence-electron chi connectivity index (χ1n) is 15.7. The first-order valence-corrected chi connectivity index (χ1v) is 15.7. The molecule has 1 aliphatic carbocycles. The van der Waals surface area contributed by atoms with Gasteiger partial charge in [-0.3, -0.25) is 4.57 Å². The third-order valence-electron chi connectivity index (χ3n) is 9.48. The van der Waals surface area contributed by atoms with Crippen LogP contribution in [0.2, 0.25) is 0 Å². The molecule has 8 aromatic rings. The van der Waals surface area contributed by atoms with E-state index in [-0.39, 0.29) is 5.41 Å². The predicted octanol–water partition coefficient (Wildman–Crippen LogP) is 10.3. The fourth-order valence-electron chi connectivity index (χ4n) is 7.13. The molecule has 0 N–H and O–H groups in total. The molecule has 218 valence electrons. The van der Waals surface area contributed by atoms with E-state index in [0.717, 1.165) is 27.7 Å². The Morgan fingerprint density at radius 1 is 0.435 bits per heavy atom. The highest BCUT2D eigenvalue weighted by Gasteiger charge is 2.36. The SMILES string of the molecule is CC1(C)c2ccccc2-c2cc3c(cc21)c1ccccc1n3-c1nc(-c2ccccc2)nc(-c2ccc(-c3ccccc3)cc2)n1. The lowest BCUT2D eigenvalue weighted by Gasteiger charge is -2.21. The molecule has 0 unspecified atom stereocenters. The molecule has 0 saturated heterocycles. The summed E-state index contributed by atoms with van der Waals surface area (Å²) in [5, 5.41) is 2.38. The lowest BCUT2D eigenvalue weighted by Crippen LogP contribution is -2.14. The van der Waals surface area contributed by atoms with Gasteiger partial charge in [-0.25, -0.2) is 4.98 Å². The minimum atomic E-state index is -0.0873. The third-order valence-corrected chi connectivity index (χ3v) is 9.48. The topological polar surface area (TPSA) is 43.6 Å². The normalized spacial score (nSPS) is 13.2. The van der Waals surface area contributed by atoms with Crippen LogP contribution in [0.3, 0.4) is 0 Å². The summed E-state index contributed by atoms with van der Waals surface area (Å²) in [5.74, 6) is 1.89. The standard InChI is InChI=1S/C42H30N4/c1-42(2)35-19-11-9-17-31(35)33-26-38-34(25-36(33)42)32-18-10-12-20-37(32)46(38)41-44-39(29-15-7-4-8-16-29)43-40(45-41)30-23-21-28(22-24-30)27-13-5-3-6-14-27/h3-26H,1-2H3. The van der Waals surface area contributed by atoms with Crippen LogP contribution in [0.5, 0.6) is 0 Å². The molecule has 2 heterocycles. The minimum absolute atomic E-state index is 0.0873. The summed E-state index contributed by atoms with van der Waals surface area (Å²) in [5.41, 5.74) is 11.6. The van der Waals surface area contributed by atoms with Gasteiger partial charge >= 0.3 is 0 Å². The van der Waals surface area contributed by atoms with Gasteiger partial charge in [-0.05, 0) is 51.6 Å². The van der Waals surface area contributed by atoms with Crippen molar-refractivity contribution in [3.8, 4) is 51.0 Å². The second-order valence-corrected chi connectivity index (χ2v) is 12.5. The Balaban J connectivity index is 1.30. The van der Waals surface area contributed by atoms with Crippen molar-refractivity contribution >= 4 is 21.8 Å². The molecule has 0 radical (unpaired) electrons. The molecule has 0 spiro atoms. The van der Waals surface area contributed by atoms with Crippen LogP contribution in [0.15, 0.2) is 146 Å². The van der Waals surface area contributed by atoms with Crippen molar-refractivity contribution in [2.24, 2.45) is 0 Å². The maximum Gasteiger partial charge on any atom is 0.238 e. The highest BCUT2D eigenvalue weighted by molar-refractivity contribution is 6.11. The number of nitrogens with zero attached hydrogens (tertiary/aromatic N) is 4. The Labute approximate surface area is 267 Å². The van der Waals surface area contributed by atoms with Gasteiger partial charge in [-0.15, -0.1) is 0 Å². The highest BCUT2D eigenvalue weighted by Crippen LogP contribution is 2.50. The average Bonchev–Trinajstić information content (AvgIpc) is 3.56. The molecule has 0 bridgehead atoms. The molecule has 4 nitrogen and oxygen atoms in total. The van der Waals surface area contributed by atoms with Gasteiger partial charge < -0.3 is 0 Å². The largest absolute Gasteiger partial charge is 0.278 e. The van der Waals surface area contributed by atoms with Gasteiger partial charge in [0.05, 0.1) is 11.0 Å². The first-order chi connectivity index (χ1) is 22.6. The van der Waals surface area contributed by atoms with Crippen molar-refractivity contribution in [1.29, 1.82) is 0 Å². The number of rotatable bonds is 4. The summed E-state index contributed by atoms with van der Waals surface area (Å²) in [4.78, 5) is 15.3. The van der Waals surface area contributed by atoms with Crippen LogP contribution < -0.4 is 0 Å². The van der Waals surface area contributed by atoms with Gasteiger partial charge in [0.15, 0.2) is 11.6 Å². The molecule has 0 atom stereocenters. The van der Waals surface area contributed by atoms with E-state index < -0.39 is 0 Å². The van der Waals surface area contributed by atoms with Gasteiger partial charge in [0.2, 0.25) is 5.95 Å². The maximum absolute atomic E-state index is 5.18. The molecule has 6 aromatic carbocycles. The van der Waals surface area contributed by atoms with Crippen LogP contribution in [0, 0.1) is 0 Å². The van der Waals surface area contributed by atoms with Crippen LogP contribution in [-0.4, -0.2) is 19.5 Å². The number of benzene rings is 6. The highest BCUT2D eigenvalue weighted by atomic mass is 15.2. The molecule has 0 saturated carbocycles. The maximum atomic E-state index is 5.18. The molecule has 4 heteroatoms. The summed E-state index contributed by atoms with van der Waals surface area (Å²) >= 11 is 0. The second-order valence-electron chi connectivity index (χ2n) is 12.5. The van der Waals surface area contributed by atoms with Crippen molar-refractivity contribution < 1.29 is 0 Å². The molecule has 9 rings (SSSR count). The Kier molecular flexibility index (Phi) is 5.81. The van der Waals surface area contributed by atoms with Crippen molar-refractivity contribution in [1.82, 2.24) is 19.5 Å². The number of aromatic nitrogens is 4. The summed E-state index contributed by atoms with van der Waals surface area (Å²) in [7, 11) is 0. The molecular weight excluding hydrogens is 560 g/mol. The van der Waals surface area contributed by atoms with Crippen LogP contribution in [-0.2, 0) is 5.41 Å². The van der Waals surface area contributed by atoms with Gasteiger partial charge in [0, 0.05) is 27.3 Å². The summed E-state index contributed by atoms with van der Waals surface area (Å²) < 4.78 is 2.22. The fourth-order valence-corrected chi connectivity index (χ4v) is 7.13.